The number of nitrogens with zero attached hydrogens (tertiary/aromatic N) is 2. The Morgan fingerprint density at radius 3 is 2.78 bits per heavy atom. The summed E-state index contributed by atoms with van der Waals surface area (Å²) in [6.07, 6.45) is 2.22. The average molecular weight is 323 g/mol. The fraction of sp³-hybridized carbons (Fsp3) is 0.733. The molecule has 1 spiro atoms. The molecule has 0 aromatic carbocycles. The maximum atomic E-state index is 12.3. The van der Waals surface area contributed by atoms with Crippen LogP contribution in [0.2, 0.25) is 0 Å². The van der Waals surface area contributed by atoms with Gasteiger partial charge in [-0.25, -0.2) is 4.79 Å². The van der Waals surface area contributed by atoms with Gasteiger partial charge >= 0.3 is 5.69 Å². The fourth-order valence-electron chi connectivity index (χ4n) is 4.03. The highest BCUT2D eigenvalue weighted by molar-refractivity contribution is 5.35. The molecule has 4 rings (SSSR count). The van der Waals surface area contributed by atoms with Crippen molar-refractivity contribution in [1.29, 1.82) is 0 Å². The van der Waals surface area contributed by atoms with Gasteiger partial charge in [-0.15, -0.1) is 0 Å². The van der Waals surface area contributed by atoms with E-state index >= 15 is 0 Å². The van der Waals surface area contributed by atoms with Gasteiger partial charge in [-0.3, -0.25) is 4.57 Å². The molecule has 126 valence electrons. The fourth-order valence-corrected chi connectivity index (χ4v) is 4.03. The molecular formula is C15H21N3O5. The Kier molecular flexibility index (Phi) is 3.12. The average Bonchev–Trinajstić information content (AvgIpc) is 3.15. The van der Waals surface area contributed by atoms with Gasteiger partial charge in [-0.1, -0.05) is 0 Å². The number of ether oxygens (including phenoxy) is 4. The number of aromatic nitrogens is 2. The first-order chi connectivity index (χ1) is 11.0. The molecule has 3 heterocycles. The molecule has 2 bridgehead atoms. The third kappa shape index (κ3) is 1.80. The molecule has 2 unspecified atom stereocenters. The predicted molar refractivity (Wildman–Crippen MR) is 80.0 cm³/mol. The van der Waals surface area contributed by atoms with Crippen molar-refractivity contribution in [3.05, 3.63) is 22.2 Å². The van der Waals surface area contributed by atoms with E-state index in [1.165, 1.54) is 4.57 Å². The largest absolute Gasteiger partial charge is 0.383 e. The zero-order valence-electron chi connectivity index (χ0n) is 13.4. The molecule has 2 aliphatic heterocycles. The first-order valence-corrected chi connectivity index (χ1v) is 7.71. The van der Waals surface area contributed by atoms with E-state index in [0.717, 1.165) is 12.8 Å². The summed E-state index contributed by atoms with van der Waals surface area (Å²) in [6.45, 7) is 2.15. The Hall–Kier alpha value is -1.48. The Bertz CT molecular complexity index is 701. The van der Waals surface area contributed by atoms with E-state index in [4.69, 9.17) is 24.7 Å². The molecule has 1 aromatic rings. The van der Waals surface area contributed by atoms with Crippen molar-refractivity contribution >= 4 is 5.82 Å². The maximum absolute atomic E-state index is 12.3. The lowest BCUT2D eigenvalue weighted by Crippen LogP contribution is -2.53. The standard InChI is InChI=1S/C15H21N3O5/c1-8-6-18(13(19)17-11(8)16)12-9-10(21-3)15(23-12,7-20-2)14(22-9)4-5-14/h6,9-10,12H,4-5,7H2,1-3H3,(H2,16,17,19)/t9?,10?,12-,15-/m1/s1. The van der Waals surface area contributed by atoms with Gasteiger partial charge in [0, 0.05) is 26.0 Å². The molecule has 1 aliphatic carbocycles. The van der Waals surface area contributed by atoms with Crippen molar-refractivity contribution in [2.24, 2.45) is 0 Å². The summed E-state index contributed by atoms with van der Waals surface area (Å²) in [6, 6.07) is 0. The molecule has 8 heteroatoms. The lowest BCUT2D eigenvalue weighted by molar-refractivity contribution is -0.238. The Labute approximate surface area is 133 Å². The van der Waals surface area contributed by atoms with E-state index < -0.39 is 17.5 Å². The number of hydrogen-bond donors (Lipinski definition) is 1. The minimum Gasteiger partial charge on any atom is -0.383 e. The zero-order chi connectivity index (χ0) is 16.4. The first kappa shape index (κ1) is 15.1. The number of nitrogens with two attached hydrogens (primary N) is 1. The quantitative estimate of drug-likeness (QED) is 0.832. The summed E-state index contributed by atoms with van der Waals surface area (Å²) < 4.78 is 25.1. The second-order valence-corrected chi connectivity index (χ2v) is 6.56. The second-order valence-electron chi connectivity index (χ2n) is 6.56. The molecule has 1 saturated carbocycles. The summed E-state index contributed by atoms with van der Waals surface area (Å²) >= 11 is 0. The third-order valence-electron chi connectivity index (χ3n) is 5.27. The zero-order valence-corrected chi connectivity index (χ0v) is 13.4. The van der Waals surface area contributed by atoms with Crippen molar-refractivity contribution in [1.82, 2.24) is 9.55 Å². The number of anilines is 1. The van der Waals surface area contributed by atoms with Crippen LogP contribution in [0.1, 0.15) is 24.6 Å². The summed E-state index contributed by atoms with van der Waals surface area (Å²) in [5.41, 5.74) is 4.91. The molecule has 3 aliphatic rings. The van der Waals surface area contributed by atoms with Crippen molar-refractivity contribution in [3.63, 3.8) is 0 Å². The van der Waals surface area contributed by atoms with E-state index in [2.05, 4.69) is 4.98 Å². The van der Waals surface area contributed by atoms with Gasteiger partial charge in [0.1, 0.15) is 23.6 Å². The number of rotatable bonds is 4. The second kappa shape index (κ2) is 4.76. The summed E-state index contributed by atoms with van der Waals surface area (Å²) in [5, 5.41) is 0. The van der Waals surface area contributed by atoms with Crippen LogP contribution in [0.15, 0.2) is 11.0 Å². The molecule has 2 N–H and O–H groups in total. The summed E-state index contributed by atoms with van der Waals surface area (Å²) in [4.78, 5) is 16.1. The van der Waals surface area contributed by atoms with Crippen LogP contribution in [0.4, 0.5) is 5.82 Å². The van der Waals surface area contributed by atoms with Crippen molar-refractivity contribution in [3.8, 4) is 0 Å². The monoisotopic (exact) mass is 323 g/mol. The molecule has 0 amide bonds. The van der Waals surface area contributed by atoms with Gasteiger partial charge in [0.05, 0.1) is 6.61 Å². The van der Waals surface area contributed by atoms with Crippen LogP contribution in [-0.2, 0) is 18.9 Å². The third-order valence-corrected chi connectivity index (χ3v) is 5.27. The number of methoxy groups -OCH3 is 2. The van der Waals surface area contributed by atoms with Gasteiger partial charge in [0.25, 0.3) is 0 Å². The van der Waals surface area contributed by atoms with E-state index in [1.54, 1.807) is 27.3 Å². The molecule has 0 radical (unpaired) electrons. The van der Waals surface area contributed by atoms with Crippen LogP contribution in [0.25, 0.3) is 0 Å². The van der Waals surface area contributed by atoms with Crippen LogP contribution in [0, 0.1) is 6.92 Å². The SMILES string of the molecule is COC[C@]12O[C@@H](n3cc(C)c(N)nc3=O)C(OC13CC3)C2OC. The lowest BCUT2D eigenvalue weighted by Gasteiger charge is -2.38. The molecular weight excluding hydrogens is 302 g/mol. The van der Waals surface area contributed by atoms with E-state index in [1.807, 2.05) is 0 Å². The van der Waals surface area contributed by atoms with Crippen LogP contribution in [-0.4, -0.2) is 53.8 Å². The number of aryl methyl sites for hydroxylation is 1. The van der Waals surface area contributed by atoms with E-state index in [9.17, 15) is 4.79 Å². The normalized spacial score (nSPS) is 36.7. The van der Waals surface area contributed by atoms with Crippen molar-refractivity contribution in [2.45, 2.75) is 49.4 Å². The Balaban J connectivity index is 1.77. The minimum atomic E-state index is -0.694. The topological polar surface area (TPSA) is 97.8 Å². The maximum Gasteiger partial charge on any atom is 0.351 e. The highest BCUT2D eigenvalue weighted by atomic mass is 16.7. The van der Waals surface area contributed by atoms with E-state index in [0.29, 0.717) is 12.2 Å². The minimum absolute atomic E-state index is 0.226. The summed E-state index contributed by atoms with van der Waals surface area (Å²) in [5.74, 6) is 0.226. The highest BCUT2D eigenvalue weighted by Crippen LogP contribution is 2.64. The first-order valence-electron chi connectivity index (χ1n) is 7.71. The summed E-state index contributed by atoms with van der Waals surface area (Å²) in [7, 11) is 3.26. The molecule has 8 nitrogen and oxygen atoms in total. The smallest absolute Gasteiger partial charge is 0.351 e. The van der Waals surface area contributed by atoms with Gasteiger partial charge in [0.15, 0.2) is 11.8 Å². The predicted octanol–water partition coefficient (Wildman–Crippen LogP) is -0.00568. The van der Waals surface area contributed by atoms with Crippen LogP contribution in [0.5, 0.6) is 0 Å². The van der Waals surface area contributed by atoms with Crippen LogP contribution in [0.3, 0.4) is 0 Å². The van der Waals surface area contributed by atoms with Gasteiger partial charge in [-0.05, 0) is 19.8 Å². The molecule has 4 atom stereocenters. The molecule has 23 heavy (non-hydrogen) atoms. The highest BCUT2D eigenvalue weighted by Gasteiger charge is 2.79. The molecule has 2 saturated heterocycles. The number of fused-ring (bicyclic) bond motifs is 3. The number of nitrogen functional groups attached to an aromatic ring is 1. The van der Waals surface area contributed by atoms with E-state index in [-0.39, 0.29) is 23.6 Å². The van der Waals surface area contributed by atoms with Crippen LogP contribution >= 0.6 is 0 Å². The van der Waals surface area contributed by atoms with Gasteiger partial charge in [0.2, 0.25) is 0 Å². The molecule has 1 aromatic heterocycles. The Morgan fingerprint density at radius 1 is 1.43 bits per heavy atom. The van der Waals surface area contributed by atoms with Crippen molar-refractivity contribution < 1.29 is 18.9 Å². The molecule has 3 fully saturated rings. The van der Waals surface area contributed by atoms with Crippen molar-refractivity contribution in [2.75, 3.05) is 26.6 Å². The number of hydrogen-bond acceptors (Lipinski definition) is 7. The lowest BCUT2D eigenvalue weighted by atomic mass is 9.91. The van der Waals surface area contributed by atoms with Gasteiger partial charge < -0.3 is 24.7 Å². The Morgan fingerprint density at radius 2 is 2.17 bits per heavy atom. The van der Waals surface area contributed by atoms with Crippen LogP contribution < -0.4 is 11.4 Å². The van der Waals surface area contributed by atoms with Gasteiger partial charge in [-0.2, -0.15) is 4.98 Å².